The second-order valence-corrected chi connectivity index (χ2v) is 4.99. The van der Waals surface area contributed by atoms with Gasteiger partial charge in [0.2, 0.25) is 0 Å². The van der Waals surface area contributed by atoms with Crippen molar-refractivity contribution in [1.82, 2.24) is 4.90 Å². The number of carbonyl (C=O) groups is 2. The molecule has 0 radical (unpaired) electrons. The lowest BCUT2D eigenvalue weighted by molar-refractivity contribution is 0.0696. The zero-order chi connectivity index (χ0) is 15.4. The first-order valence-electron chi connectivity index (χ1n) is 6.77. The Kier molecular flexibility index (Phi) is 4.64. The van der Waals surface area contributed by atoms with Crippen LogP contribution in [0.1, 0.15) is 29.6 Å². The summed E-state index contributed by atoms with van der Waals surface area (Å²) in [6.07, 6.45) is 2.58. The van der Waals surface area contributed by atoms with Crippen LogP contribution in [0.25, 0.3) is 0 Å². The monoisotopic (exact) mass is 294 g/mol. The number of anilines is 1. The average molecular weight is 294 g/mol. The van der Waals surface area contributed by atoms with Crippen molar-refractivity contribution in [2.24, 2.45) is 0 Å². The summed E-state index contributed by atoms with van der Waals surface area (Å²) in [5.74, 6) is -1.46. The molecule has 1 aromatic rings. The topological polar surface area (TPSA) is 110 Å². The quantitative estimate of drug-likeness (QED) is 0.631. The van der Waals surface area contributed by atoms with Crippen LogP contribution >= 0.6 is 0 Å². The standard InChI is InChI=1S/C14H18N2O5/c17-8-10-3-1-2-6-16(10)14(21)15-11-5-4-9(13(19)20)7-12(11)18/h4-5,7,10,17-18H,1-3,6,8H2,(H,15,21)(H,19,20). The van der Waals surface area contributed by atoms with E-state index in [1.54, 1.807) is 0 Å². The van der Waals surface area contributed by atoms with Crippen molar-refractivity contribution in [3.63, 3.8) is 0 Å². The number of carbonyl (C=O) groups excluding carboxylic acids is 1. The van der Waals surface area contributed by atoms with Gasteiger partial charge in [0.1, 0.15) is 5.75 Å². The minimum Gasteiger partial charge on any atom is -0.506 e. The van der Waals surface area contributed by atoms with E-state index >= 15 is 0 Å². The van der Waals surface area contributed by atoms with Gasteiger partial charge in [-0.05, 0) is 37.5 Å². The Morgan fingerprint density at radius 1 is 1.33 bits per heavy atom. The summed E-state index contributed by atoms with van der Waals surface area (Å²) in [5.41, 5.74) is 0.0870. The molecule has 7 nitrogen and oxygen atoms in total. The highest BCUT2D eigenvalue weighted by Crippen LogP contribution is 2.26. The van der Waals surface area contributed by atoms with Crippen molar-refractivity contribution < 1.29 is 24.9 Å². The normalized spacial score (nSPS) is 18.3. The van der Waals surface area contributed by atoms with Crippen LogP contribution in [0.3, 0.4) is 0 Å². The fraction of sp³-hybridized carbons (Fsp3) is 0.429. The molecule has 1 fully saturated rings. The summed E-state index contributed by atoms with van der Waals surface area (Å²) in [6, 6.07) is 3.09. The van der Waals surface area contributed by atoms with Crippen LogP contribution in [0.4, 0.5) is 10.5 Å². The molecule has 7 heteroatoms. The highest BCUT2D eigenvalue weighted by molar-refractivity contribution is 5.93. The number of nitrogens with zero attached hydrogens (tertiary/aromatic N) is 1. The summed E-state index contributed by atoms with van der Waals surface area (Å²) in [4.78, 5) is 24.5. The predicted molar refractivity (Wildman–Crippen MR) is 75.5 cm³/mol. The van der Waals surface area contributed by atoms with Crippen molar-refractivity contribution in [1.29, 1.82) is 0 Å². The van der Waals surface area contributed by atoms with E-state index in [-0.39, 0.29) is 29.6 Å². The number of hydrogen-bond acceptors (Lipinski definition) is 4. The highest BCUT2D eigenvalue weighted by Gasteiger charge is 2.26. The van der Waals surface area contributed by atoms with Crippen molar-refractivity contribution in [3.8, 4) is 5.75 Å². The van der Waals surface area contributed by atoms with Gasteiger partial charge in [-0.25, -0.2) is 9.59 Å². The number of rotatable bonds is 3. The number of carboxylic acids is 1. The highest BCUT2D eigenvalue weighted by atomic mass is 16.4. The molecule has 0 saturated carbocycles. The number of aromatic carboxylic acids is 1. The van der Waals surface area contributed by atoms with Gasteiger partial charge in [-0.3, -0.25) is 0 Å². The zero-order valence-electron chi connectivity index (χ0n) is 11.5. The fourth-order valence-corrected chi connectivity index (χ4v) is 2.42. The second-order valence-electron chi connectivity index (χ2n) is 4.99. The lowest BCUT2D eigenvalue weighted by Crippen LogP contribution is -2.47. The summed E-state index contributed by atoms with van der Waals surface area (Å²) in [6.45, 7) is 0.447. The molecule has 1 saturated heterocycles. The number of nitrogens with one attached hydrogen (secondary N) is 1. The van der Waals surface area contributed by atoms with E-state index in [0.717, 1.165) is 25.3 Å². The lowest BCUT2D eigenvalue weighted by Gasteiger charge is -2.34. The largest absolute Gasteiger partial charge is 0.506 e. The maximum Gasteiger partial charge on any atom is 0.335 e. The molecule has 0 bridgehead atoms. The molecule has 114 valence electrons. The van der Waals surface area contributed by atoms with E-state index < -0.39 is 12.0 Å². The van der Waals surface area contributed by atoms with Gasteiger partial charge in [0.15, 0.2) is 0 Å². The first-order chi connectivity index (χ1) is 10.0. The molecule has 1 aliphatic heterocycles. The molecule has 1 heterocycles. The molecule has 1 unspecified atom stereocenters. The number of urea groups is 1. The molecule has 0 aliphatic carbocycles. The molecule has 1 atom stereocenters. The van der Waals surface area contributed by atoms with E-state index in [9.17, 15) is 19.8 Å². The second kappa shape index (κ2) is 6.45. The van der Waals surface area contributed by atoms with E-state index in [2.05, 4.69) is 5.32 Å². The van der Waals surface area contributed by atoms with Crippen LogP contribution in [0.2, 0.25) is 0 Å². The van der Waals surface area contributed by atoms with Crippen LogP contribution in [0.15, 0.2) is 18.2 Å². The Bertz CT molecular complexity index is 546. The number of carboxylic acid groups (broad SMARTS) is 1. The maximum atomic E-state index is 12.2. The van der Waals surface area contributed by atoms with E-state index in [1.807, 2.05) is 0 Å². The number of phenols is 1. The molecule has 21 heavy (non-hydrogen) atoms. The molecule has 1 aliphatic rings. The minimum atomic E-state index is -1.15. The number of benzene rings is 1. The number of aliphatic hydroxyl groups is 1. The van der Waals surface area contributed by atoms with Crippen molar-refractivity contribution in [2.45, 2.75) is 25.3 Å². The van der Waals surface area contributed by atoms with Crippen LogP contribution in [0, 0.1) is 0 Å². The number of likely N-dealkylation sites (tertiary alicyclic amines) is 1. The molecular weight excluding hydrogens is 276 g/mol. The fourth-order valence-electron chi connectivity index (χ4n) is 2.42. The smallest absolute Gasteiger partial charge is 0.335 e. The van der Waals surface area contributed by atoms with Crippen LogP contribution in [-0.4, -0.2) is 51.4 Å². The van der Waals surface area contributed by atoms with Crippen molar-refractivity contribution in [3.05, 3.63) is 23.8 Å². The van der Waals surface area contributed by atoms with Gasteiger partial charge in [-0.1, -0.05) is 0 Å². The summed E-state index contributed by atoms with van der Waals surface area (Å²) in [5, 5.41) is 30.4. The van der Waals surface area contributed by atoms with E-state index in [1.165, 1.54) is 17.0 Å². The molecule has 0 spiro atoms. The van der Waals surface area contributed by atoms with Crippen molar-refractivity contribution in [2.75, 3.05) is 18.5 Å². The SMILES string of the molecule is O=C(O)c1ccc(NC(=O)N2CCCCC2CO)c(O)c1. The summed E-state index contributed by atoms with van der Waals surface area (Å²) < 4.78 is 0. The first kappa shape index (κ1) is 15.1. The number of aromatic hydroxyl groups is 1. The summed E-state index contributed by atoms with van der Waals surface area (Å²) >= 11 is 0. The number of piperidine rings is 1. The Balaban J connectivity index is 2.10. The number of amides is 2. The van der Waals surface area contributed by atoms with E-state index in [0.29, 0.717) is 6.54 Å². The Morgan fingerprint density at radius 2 is 2.10 bits per heavy atom. The van der Waals surface area contributed by atoms with Gasteiger partial charge in [0.25, 0.3) is 0 Å². The third-order valence-corrected chi connectivity index (χ3v) is 3.59. The molecule has 1 aromatic carbocycles. The number of phenolic OH excluding ortho intramolecular Hbond substituents is 1. The van der Waals surface area contributed by atoms with Crippen molar-refractivity contribution >= 4 is 17.7 Å². The zero-order valence-corrected chi connectivity index (χ0v) is 11.5. The first-order valence-corrected chi connectivity index (χ1v) is 6.77. The number of hydrogen-bond donors (Lipinski definition) is 4. The molecule has 2 amide bonds. The van der Waals surface area contributed by atoms with Crippen LogP contribution < -0.4 is 5.32 Å². The van der Waals surface area contributed by atoms with Crippen LogP contribution in [-0.2, 0) is 0 Å². The number of aliphatic hydroxyl groups excluding tert-OH is 1. The molecule has 0 aromatic heterocycles. The average Bonchev–Trinajstić information content (AvgIpc) is 2.48. The molecule has 4 N–H and O–H groups in total. The predicted octanol–water partition coefficient (Wildman–Crippen LogP) is 1.47. The van der Waals surface area contributed by atoms with Gasteiger partial charge in [0, 0.05) is 6.54 Å². The maximum absolute atomic E-state index is 12.2. The van der Waals surface area contributed by atoms with Gasteiger partial charge in [-0.2, -0.15) is 0 Å². The van der Waals surface area contributed by atoms with E-state index in [4.69, 9.17) is 5.11 Å². The van der Waals surface area contributed by atoms with Gasteiger partial charge >= 0.3 is 12.0 Å². The third kappa shape index (κ3) is 3.43. The molecular formula is C14H18N2O5. The Hall–Kier alpha value is -2.28. The third-order valence-electron chi connectivity index (χ3n) is 3.59. The minimum absolute atomic E-state index is 0.0586. The summed E-state index contributed by atoms with van der Waals surface area (Å²) in [7, 11) is 0. The van der Waals surface area contributed by atoms with Gasteiger partial charge in [-0.15, -0.1) is 0 Å². The van der Waals surface area contributed by atoms with Crippen LogP contribution in [0.5, 0.6) is 5.75 Å². The Morgan fingerprint density at radius 3 is 2.71 bits per heavy atom. The molecule has 2 rings (SSSR count). The van der Waals surface area contributed by atoms with Gasteiger partial charge < -0.3 is 25.5 Å². The van der Waals surface area contributed by atoms with Gasteiger partial charge in [0.05, 0.1) is 23.9 Å². The lowest BCUT2D eigenvalue weighted by atomic mass is 10.0. The Labute approximate surface area is 121 Å².